The van der Waals surface area contributed by atoms with Gasteiger partial charge in [0.15, 0.2) is 6.10 Å². The topological polar surface area (TPSA) is 73.7 Å². The average Bonchev–Trinajstić information content (AvgIpc) is 2.97. The number of nitrogens with zero attached hydrogens (tertiary/aromatic N) is 3. The average molecular weight is 359 g/mol. The van der Waals surface area contributed by atoms with Gasteiger partial charge in [0.25, 0.3) is 5.91 Å². The summed E-state index contributed by atoms with van der Waals surface area (Å²) in [7, 11) is 1.85. The summed E-state index contributed by atoms with van der Waals surface area (Å²) in [4.78, 5) is 26.3. The molecule has 0 N–H and O–H groups in total. The van der Waals surface area contributed by atoms with Crippen molar-refractivity contribution in [1.29, 1.82) is 0 Å². The van der Waals surface area contributed by atoms with Gasteiger partial charge in [0, 0.05) is 20.1 Å². The fraction of sp³-hybridized carbons (Fsp3) is 0.526. The van der Waals surface area contributed by atoms with Crippen LogP contribution in [0.5, 0.6) is 5.88 Å². The number of para-hydroxylation sites is 1. The molecule has 7 nitrogen and oxygen atoms in total. The van der Waals surface area contributed by atoms with E-state index in [1.165, 1.54) is 0 Å². The lowest BCUT2D eigenvalue weighted by atomic mass is 9.97. The molecule has 1 amide bonds. The normalized spacial score (nSPS) is 16.5. The van der Waals surface area contributed by atoms with Crippen LogP contribution in [0.4, 0.5) is 0 Å². The number of aromatic nitrogens is 2. The Hall–Kier alpha value is -2.57. The van der Waals surface area contributed by atoms with Gasteiger partial charge < -0.3 is 14.4 Å². The van der Waals surface area contributed by atoms with Gasteiger partial charge in [-0.25, -0.2) is 0 Å². The first kappa shape index (κ1) is 18.2. The van der Waals surface area contributed by atoms with Crippen molar-refractivity contribution in [2.75, 3.05) is 19.7 Å². The highest BCUT2D eigenvalue weighted by Crippen LogP contribution is 2.25. The summed E-state index contributed by atoms with van der Waals surface area (Å²) in [5, 5.41) is 5.26. The van der Waals surface area contributed by atoms with Crippen molar-refractivity contribution in [2.24, 2.45) is 13.0 Å². The maximum Gasteiger partial charge on any atom is 0.309 e. The molecule has 1 saturated heterocycles. The maximum atomic E-state index is 12.7. The number of fused-ring (bicyclic) bond motifs is 1. The predicted molar refractivity (Wildman–Crippen MR) is 96.7 cm³/mol. The lowest BCUT2D eigenvalue weighted by Crippen LogP contribution is -2.46. The first-order chi connectivity index (χ1) is 12.5. The highest BCUT2D eigenvalue weighted by Gasteiger charge is 2.31. The maximum absolute atomic E-state index is 12.7. The van der Waals surface area contributed by atoms with Gasteiger partial charge in [-0.1, -0.05) is 12.1 Å². The van der Waals surface area contributed by atoms with E-state index in [1.807, 2.05) is 31.3 Å². The zero-order chi connectivity index (χ0) is 18.7. The third-order valence-electron chi connectivity index (χ3n) is 4.79. The van der Waals surface area contributed by atoms with Crippen molar-refractivity contribution in [3.8, 4) is 5.88 Å². The molecule has 1 atom stereocenters. The summed E-state index contributed by atoms with van der Waals surface area (Å²) < 4.78 is 12.7. The molecule has 7 heteroatoms. The Bertz CT molecular complexity index is 793. The number of rotatable bonds is 5. The zero-order valence-electron chi connectivity index (χ0n) is 15.5. The second-order valence-electron chi connectivity index (χ2n) is 6.56. The Morgan fingerprint density at radius 3 is 2.65 bits per heavy atom. The van der Waals surface area contributed by atoms with Crippen molar-refractivity contribution in [2.45, 2.75) is 32.8 Å². The zero-order valence-corrected chi connectivity index (χ0v) is 15.5. The van der Waals surface area contributed by atoms with Gasteiger partial charge in [-0.3, -0.25) is 14.3 Å². The number of carbonyl (C=O) groups is 2. The molecule has 1 aliphatic rings. The van der Waals surface area contributed by atoms with E-state index in [2.05, 4.69) is 5.10 Å². The summed E-state index contributed by atoms with van der Waals surface area (Å²) in [6.07, 6.45) is 0.626. The van der Waals surface area contributed by atoms with Crippen LogP contribution in [0.1, 0.15) is 26.7 Å². The standard InChI is InChI=1S/C19H25N3O4/c1-4-25-19(24)14-9-11-22(12-10-14)18(23)13(2)26-17-15-7-5-6-8-16(15)21(3)20-17/h5-8,13-14H,4,9-12H2,1-3H3. The SMILES string of the molecule is CCOC(=O)C1CCN(C(=O)C(C)Oc2nn(C)c3ccccc23)CC1. The quantitative estimate of drug-likeness (QED) is 0.765. The first-order valence-electron chi connectivity index (χ1n) is 9.05. The number of benzene rings is 1. The van der Waals surface area contributed by atoms with Crippen molar-refractivity contribution in [1.82, 2.24) is 14.7 Å². The van der Waals surface area contributed by atoms with E-state index in [4.69, 9.17) is 9.47 Å². The van der Waals surface area contributed by atoms with Crippen molar-refractivity contribution < 1.29 is 19.1 Å². The van der Waals surface area contributed by atoms with Gasteiger partial charge in [-0.05, 0) is 38.8 Å². The number of piperidine rings is 1. The van der Waals surface area contributed by atoms with Crippen LogP contribution in [-0.4, -0.2) is 52.4 Å². The van der Waals surface area contributed by atoms with E-state index in [1.54, 1.807) is 23.4 Å². The number of amides is 1. The minimum Gasteiger partial charge on any atom is -0.466 e. The lowest BCUT2D eigenvalue weighted by Gasteiger charge is -2.32. The van der Waals surface area contributed by atoms with E-state index in [0.29, 0.717) is 38.4 Å². The lowest BCUT2D eigenvalue weighted by molar-refractivity contribution is -0.152. The van der Waals surface area contributed by atoms with Crippen LogP contribution >= 0.6 is 0 Å². The first-order valence-corrected chi connectivity index (χ1v) is 9.05. The fourth-order valence-electron chi connectivity index (χ4n) is 3.34. The highest BCUT2D eigenvalue weighted by atomic mass is 16.5. The Balaban J connectivity index is 1.61. The number of esters is 1. The number of ether oxygens (including phenoxy) is 2. The smallest absolute Gasteiger partial charge is 0.309 e. The minimum atomic E-state index is -0.632. The van der Waals surface area contributed by atoms with Crippen molar-refractivity contribution >= 4 is 22.8 Å². The number of carbonyl (C=O) groups excluding carboxylic acids is 2. The second-order valence-corrected chi connectivity index (χ2v) is 6.56. The van der Waals surface area contributed by atoms with Crippen LogP contribution in [0.25, 0.3) is 10.9 Å². The largest absolute Gasteiger partial charge is 0.466 e. The summed E-state index contributed by atoms with van der Waals surface area (Å²) in [6, 6.07) is 7.75. The van der Waals surface area contributed by atoms with E-state index in [-0.39, 0.29) is 17.8 Å². The molecule has 0 saturated carbocycles. The summed E-state index contributed by atoms with van der Waals surface area (Å²) >= 11 is 0. The molecule has 26 heavy (non-hydrogen) atoms. The van der Waals surface area contributed by atoms with Crippen LogP contribution in [0, 0.1) is 5.92 Å². The van der Waals surface area contributed by atoms with Crippen LogP contribution in [0.3, 0.4) is 0 Å². The highest BCUT2D eigenvalue weighted by molar-refractivity contribution is 5.86. The fourth-order valence-corrected chi connectivity index (χ4v) is 3.34. The molecule has 0 aliphatic carbocycles. The molecule has 1 unspecified atom stereocenters. The van der Waals surface area contributed by atoms with E-state index in [0.717, 1.165) is 10.9 Å². The van der Waals surface area contributed by atoms with Gasteiger partial charge in [-0.15, -0.1) is 5.10 Å². The molecule has 0 spiro atoms. The van der Waals surface area contributed by atoms with Crippen molar-refractivity contribution in [3.05, 3.63) is 24.3 Å². The molecule has 2 aromatic rings. The Kier molecular flexibility index (Phi) is 5.44. The van der Waals surface area contributed by atoms with Gasteiger partial charge >= 0.3 is 5.97 Å². The molecule has 1 fully saturated rings. The van der Waals surface area contributed by atoms with Gasteiger partial charge in [0.1, 0.15) is 0 Å². The molecule has 0 bridgehead atoms. The molecule has 3 rings (SSSR count). The van der Waals surface area contributed by atoms with Crippen LogP contribution < -0.4 is 4.74 Å². The Labute approximate surface area is 152 Å². The van der Waals surface area contributed by atoms with Gasteiger partial charge in [0.05, 0.1) is 23.4 Å². The van der Waals surface area contributed by atoms with E-state index >= 15 is 0 Å². The summed E-state index contributed by atoms with van der Waals surface area (Å²) in [5.41, 5.74) is 0.956. The minimum absolute atomic E-state index is 0.0814. The third-order valence-corrected chi connectivity index (χ3v) is 4.79. The Morgan fingerprint density at radius 2 is 1.96 bits per heavy atom. The summed E-state index contributed by atoms with van der Waals surface area (Å²) in [5.74, 6) is 0.103. The van der Waals surface area contributed by atoms with E-state index < -0.39 is 6.10 Å². The molecule has 1 aromatic carbocycles. The van der Waals surface area contributed by atoms with Gasteiger partial charge in [-0.2, -0.15) is 0 Å². The molecular formula is C19H25N3O4. The second kappa shape index (κ2) is 7.76. The number of hydrogen-bond acceptors (Lipinski definition) is 5. The number of hydrogen-bond donors (Lipinski definition) is 0. The molecule has 2 heterocycles. The molecule has 0 radical (unpaired) electrons. The molecular weight excluding hydrogens is 334 g/mol. The van der Waals surface area contributed by atoms with Crippen LogP contribution in [0.2, 0.25) is 0 Å². The molecule has 1 aliphatic heterocycles. The monoisotopic (exact) mass is 359 g/mol. The third kappa shape index (κ3) is 3.66. The van der Waals surface area contributed by atoms with Crippen molar-refractivity contribution in [3.63, 3.8) is 0 Å². The van der Waals surface area contributed by atoms with E-state index in [9.17, 15) is 9.59 Å². The molecule has 140 valence electrons. The number of aryl methyl sites for hydroxylation is 1. The Morgan fingerprint density at radius 1 is 1.27 bits per heavy atom. The van der Waals surface area contributed by atoms with Crippen LogP contribution in [0.15, 0.2) is 24.3 Å². The molecule has 1 aromatic heterocycles. The predicted octanol–water partition coefficient (Wildman–Crippen LogP) is 2.14. The summed E-state index contributed by atoms with van der Waals surface area (Å²) in [6.45, 7) is 5.01. The number of likely N-dealkylation sites (tertiary alicyclic amines) is 1. The van der Waals surface area contributed by atoms with Crippen LogP contribution in [-0.2, 0) is 21.4 Å². The van der Waals surface area contributed by atoms with Gasteiger partial charge in [0.2, 0.25) is 5.88 Å².